The molecule has 0 radical (unpaired) electrons. The van der Waals surface area contributed by atoms with Gasteiger partial charge in [0.05, 0.1) is 0 Å². The molecule has 1 aromatic carbocycles. The Morgan fingerprint density at radius 3 is 2.75 bits per heavy atom. The summed E-state index contributed by atoms with van der Waals surface area (Å²) in [4.78, 5) is 1.37. The zero-order valence-electron chi connectivity index (χ0n) is 12.9. The first-order valence-electron chi connectivity index (χ1n) is 7.85. The summed E-state index contributed by atoms with van der Waals surface area (Å²) in [7, 11) is 0. The third kappa shape index (κ3) is 7.32. The Bertz CT molecular complexity index is 357. The maximum atomic E-state index is 8.73. The fraction of sp³-hybridized carbons (Fsp3) is 0.647. The van der Waals surface area contributed by atoms with Gasteiger partial charge in [0.1, 0.15) is 0 Å². The molecular formula is C17H29NOS. The van der Waals surface area contributed by atoms with Crippen LogP contribution in [-0.2, 0) is 0 Å². The van der Waals surface area contributed by atoms with Gasteiger partial charge in [-0.2, -0.15) is 0 Å². The Hall–Kier alpha value is -0.510. The molecule has 0 saturated heterocycles. The van der Waals surface area contributed by atoms with Crippen LogP contribution >= 0.6 is 11.8 Å². The first-order valence-corrected chi connectivity index (χ1v) is 8.83. The molecule has 0 spiro atoms. The Morgan fingerprint density at radius 2 is 2.00 bits per heavy atom. The number of thioether (sulfide) groups is 1. The van der Waals surface area contributed by atoms with Crippen LogP contribution in [-0.4, -0.2) is 24.0 Å². The van der Waals surface area contributed by atoms with Crippen LogP contribution in [0.1, 0.15) is 57.6 Å². The van der Waals surface area contributed by atoms with Gasteiger partial charge < -0.3 is 10.4 Å². The molecule has 0 aliphatic carbocycles. The highest BCUT2D eigenvalue weighted by molar-refractivity contribution is 7.99. The van der Waals surface area contributed by atoms with E-state index in [1.165, 1.54) is 35.5 Å². The molecule has 2 N–H and O–H groups in total. The van der Waals surface area contributed by atoms with E-state index in [9.17, 15) is 0 Å². The van der Waals surface area contributed by atoms with Crippen LogP contribution in [0.25, 0.3) is 0 Å². The van der Waals surface area contributed by atoms with Crippen molar-refractivity contribution in [2.45, 2.75) is 56.9 Å². The lowest BCUT2D eigenvalue weighted by Gasteiger charge is -2.14. The fourth-order valence-corrected chi connectivity index (χ4v) is 3.09. The summed E-state index contributed by atoms with van der Waals surface area (Å²) in [6.07, 6.45) is 5.72. The molecule has 114 valence electrons. The van der Waals surface area contributed by atoms with E-state index in [2.05, 4.69) is 43.4 Å². The van der Waals surface area contributed by atoms with Gasteiger partial charge in [0.15, 0.2) is 0 Å². The number of aliphatic hydroxyl groups excluding tert-OH is 1. The van der Waals surface area contributed by atoms with E-state index in [4.69, 9.17) is 5.11 Å². The second kappa shape index (κ2) is 11.2. The first-order chi connectivity index (χ1) is 9.77. The van der Waals surface area contributed by atoms with Gasteiger partial charge in [0.25, 0.3) is 0 Å². The summed E-state index contributed by atoms with van der Waals surface area (Å²) < 4.78 is 0. The van der Waals surface area contributed by atoms with Gasteiger partial charge >= 0.3 is 0 Å². The quantitative estimate of drug-likeness (QED) is 0.469. The molecule has 0 fully saturated rings. The maximum Gasteiger partial charge on any atom is 0.0431 e. The third-order valence-corrected chi connectivity index (χ3v) is 4.46. The monoisotopic (exact) mass is 295 g/mol. The Morgan fingerprint density at radius 1 is 1.20 bits per heavy atom. The molecule has 0 aliphatic heterocycles. The lowest BCUT2D eigenvalue weighted by atomic mass is 10.1. The van der Waals surface area contributed by atoms with Crippen molar-refractivity contribution < 1.29 is 5.11 Å². The lowest BCUT2D eigenvalue weighted by molar-refractivity contribution is 0.283. The second-order valence-corrected chi connectivity index (χ2v) is 6.40. The van der Waals surface area contributed by atoms with Crippen LogP contribution in [0.5, 0.6) is 0 Å². The second-order valence-electron chi connectivity index (χ2n) is 5.23. The number of hydrogen-bond acceptors (Lipinski definition) is 3. The number of nitrogens with one attached hydrogen (secondary N) is 1. The molecule has 0 aliphatic rings. The summed E-state index contributed by atoms with van der Waals surface area (Å²) in [5.74, 6) is 1.17. The number of hydrogen-bond donors (Lipinski definition) is 2. The molecular weight excluding hydrogens is 266 g/mol. The summed E-state index contributed by atoms with van der Waals surface area (Å²) in [6.45, 7) is 5.83. The van der Waals surface area contributed by atoms with Crippen molar-refractivity contribution >= 4 is 11.8 Å². The van der Waals surface area contributed by atoms with Crippen LogP contribution in [0.4, 0.5) is 0 Å². The van der Waals surface area contributed by atoms with E-state index in [0.29, 0.717) is 12.6 Å². The smallest absolute Gasteiger partial charge is 0.0431 e. The highest BCUT2D eigenvalue weighted by Crippen LogP contribution is 2.23. The summed E-state index contributed by atoms with van der Waals surface area (Å²) in [5, 5.41) is 12.3. The molecule has 3 heteroatoms. The molecule has 0 aromatic heterocycles. The summed E-state index contributed by atoms with van der Waals surface area (Å²) >= 11 is 1.94. The molecule has 1 aromatic rings. The van der Waals surface area contributed by atoms with Crippen LogP contribution in [0.2, 0.25) is 0 Å². The third-order valence-electron chi connectivity index (χ3n) is 3.38. The number of benzene rings is 1. The van der Waals surface area contributed by atoms with Gasteiger partial charge in [0.2, 0.25) is 0 Å². The Balaban J connectivity index is 2.32. The molecule has 1 atom stereocenters. The zero-order valence-corrected chi connectivity index (χ0v) is 13.7. The van der Waals surface area contributed by atoms with Gasteiger partial charge in [-0.1, -0.05) is 31.9 Å². The molecule has 1 rings (SSSR count). The van der Waals surface area contributed by atoms with Crippen molar-refractivity contribution in [1.29, 1.82) is 0 Å². The molecule has 0 bridgehead atoms. The minimum absolute atomic E-state index is 0.331. The van der Waals surface area contributed by atoms with Crippen LogP contribution in [0.15, 0.2) is 29.2 Å². The largest absolute Gasteiger partial charge is 0.396 e. The molecule has 1 unspecified atom stereocenters. The molecule has 0 heterocycles. The fourth-order valence-electron chi connectivity index (χ4n) is 2.11. The summed E-state index contributed by atoms with van der Waals surface area (Å²) in [6, 6.07) is 9.31. The van der Waals surface area contributed by atoms with Crippen molar-refractivity contribution in [3.63, 3.8) is 0 Å². The van der Waals surface area contributed by atoms with Crippen molar-refractivity contribution in [2.75, 3.05) is 18.9 Å². The van der Waals surface area contributed by atoms with Gasteiger partial charge in [-0.15, -0.1) is 11.8 Å². The molecule has 2 nitrogen and oxygen atoms in total. The van der Waals surface area contributed by atoms with Crippen molar-refractivity contribution in [3.8, 4) is 0 Å². The van der Waals surface area contributed by atoms with E-state index in [1.807, 2.05) is 11.8 Å². The van der Waals surface area contributed by atoms with E-state index in [-0.39, 0.29) is 0 Å². The van der Waals surface area contributed by atoms with Crippen LogP contribution in [0, 0.1) is 0 Å². The standard InChI is InChI=1S/C17H29NOS/c1-3-11-18-15(2)16-9-8-10-17(14-16)20-13-7-5-4-6-12-19/h8-10,14-15,18-19H,3-7,11-13H2,1-2H3. The van der Waals surface area contributed by atoms with Gasteiger partial charge in [-0.25, -0.2) is 0 Å². The number of aliphatic hydroxyl groups is 1. The van der Waals surface area contributed by atoms with E-state index < -0.39 is 0 Å². The highest BCUT2D eigenvalue weighted by atomic mass is 32.2. The zero-order chi connectivity index (χ0) is 14.6. The predicted octanol–water partition coefficient (Wildman–Crippen LogP) is 4.39. The average Bonchev–Trinajstić information content (AvgIpc) is 2.48. The highest BCUT2D eigenvalue weighted by Gasteiger charge is 2.04. The lowest BCUT2D eigenvalue weighted by Crippen LogP contribution is -2.19. The maximum absolute atomic E-state index is 8.73. The Kier molecular flexibility index (Phi) is 9.81. The average molecular weight is 295 g/mol. The Labute approximate surface area is 128 Å². The summed E-state index contributed by atoms with van der Waals surface area (Å²) in [5.41, 5.74) is 1.38. The normalized spacial score (nSPS) is 12.6. The van der Waals surface area contributed by atoms with E-state index in [1.54, 1.807) is 0 Å². The minimum atomic E-state index is 0.331. The molecule has 0 saturated carbocycles. The number of rotatable bonds is 11. The molecule has 20 heavy (non-hydrogen) atoms. The SMILES string of the molecule is CCCNC(C)c1cccc(SCCCCCCO)c1. The first kappa shape index (κ1) is 17.5. The van der Waals surface area contributed by atoms with Crippen molar-refractivity contribution in [3.05, 3.63) is 29.8 Å². The van der Waals surface area contributed by atoms with Gasteiger partial charge in [-0.05, 0) is 56.2 Å². The van der Waals surface area contributed by atoms with Gasteiger partial charge in [0, 0.05) is 17.5 Å². The minimum Gasteiger partial charge on any atom is -0.396 e. The van der Waals surface area contributed by atoms with E-state index >= 15 is 0 Å². The van der Waals surface area contributed by atoms with Crippen molar-refractivity contribution in [1.82, 2.24) is 5.32 Å². The van der Waals surface area contributed by atoms with Crippen LogP contribution < -0.4 is 5.32 Å². The number of unbranched alkanes of at least 4 members (excludes halogenated alkanes) is 3. The molecule has 0 amide bonds. The van der Waals surface area contributed by atoms with Gasteiger partial charge in [-0.3, -0.25) is 0 Å². The van der Waals surface area contributed by atoms with Crippen molar-refractivity contribution in [2.24, 2.45) is 0 Å². The van der Waals surface area contributed by atoms with Crippen LogP contribution in [0.3, 0.4) is 0 Å². The topological polar surface area (TPSA) is 32.3 Å². The predicted molar refractivity (Wildman–Crippen MR) is 89.4 cm³/mol. The van der Waals surface area contributed by atoms with E-state index in [0.717, 1.165) is 19.4 Å².